The molecule has 4 nitrogen and oxygen atoms in total. The molecule has 0 aliphatic carbocycles. The molecule has 0 aliphatic rings. The normalized spacial score (nSPS) is 10.2. The Balaban J connectivity index is 1.76. The number of halogens is 1. The number of nitrogens with one attached hydrogen (secondary N) is 2. The molecule has 0 radical (unpaired) electrons. The van der Waals surface area contributed by atoms with Crippen LogP contribution >= 0.6 is 15.9 Å². The molecule has 0 bridgehead atoms. The molecule has 0 aromatic heterocycles. The Morgan fingerprint density at radius 1 is 0.952 bits per heavy atom. The summed E-state index contributed by atoms with van der Waals surface area (Å²) in [5, 5.41) is 14.6. The summed E-state index contributed by atoms with van der Waals surface area (Å²) in [5.74, 6) is 0. The van der Waals surface area contributed by atoms with Crippen LogP contribution in [0, 0.1) is 0 Å². The van der Waals surface area contributed by atoms with Gasteiger partial charge < -0.3 is 15.7 Å². The quantitative estimate of drug-likeness (QED) is 0.777. The van der Waals surface area contributed by atoms with Crippen LogP contribution in [0.25, 0.3) is 0 Å². The Kier molecular flexibility index (Phi) is 5.78. The summed E-state index contributed by atoms with van der Waals surface area (Å²) in [5.41, 5.74) is 2.88. The second-order valence-electron chi connectivity index (χ2n) is 4.64. The van der Waals surface area contributed by atoms with Crippen molar-refractivity contribution < 1.29 is 9.90 Å². The first-order chi connectivity index (χ1) is 10.2. The van der Waals surface area contributed by atoms with Crippen LogP contribution in [0.3, 0.4) is 0 Å². The van der Waals surface area contributed by atoms with Gasteiger partial charge >= 0.3 is 6.03 Å². The number of carbonyl (C=O) groups excluding carboxylic acids is 1. The first-order valence-corrected chi connectivity index (χ1v) is 7.41. The van der Waals surface area contributed by atoms with Gasteiger partial charge in [0.1, 0.15) is 0 Å². The highest BCUT2D eigenvalue weighted by atomic mass is 79.9. The molecule has 2 aromatic rings. The minimum absolute atomic E-state index is 0.0286. The van der Waals surface area contributed by atoms with Gasteiger partial charge in [-0.25, -0.2) is 4.79 Å². The molecule has 0 aliphatic heterocycles. The number of benzene rings is 2. The average molecular weight is 349 g/mol. The van der Waals surface area contributed by atoms with E-state index in [0.29, 0.717) is 13.1 Å². The summed E-state index contributed by atoms with van der Waals surface area (Å²) >= 11 is 3.40. The fourth-order valence-corrected chi connectivity index (χ4v) is 2.28. The maximum atomic E-state index is 11.7. The number of aliphatic hydroxyl groups is 1. The molecule has 2 amide bonds. The van der Waals surface area contributed by atoms with E-state index in [1.807, 2.05) is 48.5 Å². The third-order valence-electron chi connectivity index (χ3n) is 3.00. The molecule has 5 heteroatoms. The molecule has 0 spiro atoms. The van der Waals surface area contributed by atoms with Crippen LogP contribution in [0.2, 0.25) is 0 Å². The highest BCUT2D eigenvalue weighted by Crippen LogP contribution is 2.11. The largest absolute Gasteiger partial charge is 0.392 e. The van der Waals surface area contributed by atoms with E-state index >= 15 is 0 Å². The van der Waals surface area contributed by atoms with Crippen molar-refractivity contribution in [3.63, 3.8) is 0 Å². The number of amides is 2. The second-order valence-corrected chi connectivity index (χ2v) is 5.56. The fraction of sp³-hybridized carbons (Fsp3) is 0.188. The highest BCUT2D eigenvalue weighted by Gasteiger charge is 2.01. The Morgan fingerprint density at radius 3 is 2.19 bits per heavy atom. The molecule has 0 heterocycles. The van der Waals surface area contributed by atoms with Gasteiger partial charge in [0.05, 0.1) is 6.61 Å². The maximum Gasteiger partial charge on any atom is 0.315 e. The van der Waals surface area contributed by atoms with E-state index in [-0.39, 0.29) is 12.6 Å². The first kappa shape index (κ1) is 15.5. The molecule has 0 atom stereocenters. The number of urea groups is 1. The fourth-order valence-electron chi connectivity index (χ4n) is 1.84. The number of rotatable bonds is 5. The average Bonchev–Trinajstić information content (AvgIpc) is 2.51. The van der Waals surface area contributed by atoms with E-state index in [9.17, 15) is 4.79 Å². The molecule has 2 aromatic carbocycles. The van der Waals surface area contributed by atoms with E-state index in [0.717, 1.165) is 21.2 Å². The zero-order chi connectivity index (χ0) is 15.1. The molecule has 110 valence electrons. The zero-order valence-electron chi connectivity index (χ0n) is 11.5. The Bertz CT molecular complexity index is 599. The lowest BCUT2D eigenvalue weighted by Gasteiger charge is -2.08. The van der Waals surface area contributed by atoms with Gasteiger partial charge in [0.25, 0.3) is 0 Å². The predicted molar refractivity (Wildman–Crippen MR) is 85.6 cm³/mol. The van der Waals surface area contributed by atoms with Crippen LogP contribution in [-0.2, 0) is 19.7 Å². The minimum atomic E-state index is -0.207. The van der Waals surface area contributed by atoms with Crippen molar-refractivity contribution in [2.75, 3.05) is 0 Å². The van der Waals surface area contributed by atoms with Crippen molar-refractivity contribution in [1.82, 2.24) is 10.6 Å². The minimum Gasteiger partial charge on any atom is -0.392 e. The zero-order valence-corrected chi connectivity index (χ0v) is 13.1. The van der Waals surface area contributed by atoms with Crippen LogP contribution in [0.15, 0.2) is 53.0 Å². The molecule has 3 N–H and O–H groups in total. The second kappa shape index (κ2) is 7.81. The van der Waals surface area contributed by atoms with Gasteiger partial charge in [-0.1, -0.05) is 52.3 Å². The van der Waals surface area contributed by atoms with Gasteiger partial charge in [-0.3, -0.25) is 0 Å². The van der Waals surface area contributed by atoms with Crippen molar-refractivity contribution in [1.29, 1.82) is 0 Å². The Morgan fingerprint density at radius 2 is 1.57 bits per heavy atom. The molecular formula is C16H17BrN2O2. The van der Waals surface area contributed by atoms with Crippen molar-refractivity contribution in [2.45, 2.75) is 19.7 Å². The van der Waals surface area contributed by atoms with Crippen LogP contribution < -0.4 is 10.6 Å². The molecule has 0 saturated carbocycles. The van der Waals surface area contributed by atoms with Gasteiger partial charge in [-0.15, -0.1) is 0 Å². The lowest BCUT2D eigenvalue weighted by molar-refractivity contribution is 0.240. The van der Waals surface area contributed by atoms with Gasteiger partial charge in [0, 0.05) is 17.6 Å². The van der Waals surface area contributed by atoms with Crippen LogP contribution in [-0.4, -0.2) is 11.1 Å². The summed E-state index contributed by atoms with van der Waals surface area (Å²) < 4.78 is 0.992. The molecule has 21 heavy (non-hydrogen) atoms. The smallest absolute Gasteiger partial charge is 0.315 e. The lowest BCUT2D eigenvalue weighted by atomic mass is 10.1. The van der Waals surface area contributed by atoms with E-state index in [4.69, 9.17) is 5.11 Å². The highest BCUT2D eigenvalue weighted by molar-refractivity contribution is 9.10. The van der Waals surface area contributed by atoms with Gasteiger partial charge in [0.2, 0.25) is 0 Å². The van der Waals surface area contributed by atoms with E-state index < -0.39 is 0 Å². The number of carbonyl (C=O) groups is 1. The topological polar surface area (TPSA) is 61.4 Å². The molecule has 0 fully saturated rings. The van der Waals surface area contributed by atoms with Crippen molar-refractivity contribution >= 4 is 22.0 Å². The van der Waals surface area contributed by atoms with Crippen molar-refractivity contribution in [3.8, 4) is 0 Å². The van der Waals surface area contributed by atoms with E-state index in [1.54, 1.807) is 0 Å². The summed E-state index contributed by atoms with van der Waals surface area (Å²) in [4.78, 5) is 11.7. The van der Waals surface area contributed by atoms with E-state index in [1.165, 1.54) is 0 Å². The lowest BCUT2D eigenvalue weighted by Crippen LogP contribution is -2.34. The van der Waals surface area contributed by atoms with Crippen molar-refractivity contribution in [3.05, 3.63) is 69.7 Å². The molecule has 2 rings (SSSR count). The monoisotopic (exact) mass is 348 g/mol. The van der Waals surface area contributed by atoms with Crippen LogP contribution in [0.5, 0.6) is 0 Å². The van der Waals surface area contributed by atoms with Gasteiger partial charge in [-0.2, -0.15) is 0 Å². The Hall–Kier alpha value is -1.85. The third-order valence-corrected chi connectivity index (χ3v) is 3.49. The molecule has 0 saturated heterocycles. The van der Waals surface area contributed by atoms with Crippen LogP contribution in [0.4, 0.5) is 4.79 Å². The third kappa shape index (κ3) is 5.21. The standard InChI is InChI=1S/C16H17BrN2O2/c17-15-3-1-2-14(8-15)10-19-16(21)18-9-12-4-6-13(11-20)7-5-12/h1-8,20H,9-11H2,(H2,18,19,21). The molecule has 0 unspecified atom stereocenters. The molecular weight excluding hydrogens is 332 g/mol. The summed E-state index contributed by atoms with van der Waals surface area (Å²) in [7, 11) is 0. The number of aliphatic hydroxyl groups excluding tert-OH is 1. The number of hydrogen-bond acceptors (Lipinski definition) is 2. The SMILES string of the molecule is O=C(NCc1ccc(CO)cc1)NCc1cccc(Br)c1. The maximum absolute atomic E-state index is 11.7. The summed E-state index contributed by atoms with van der Waals surface area (Å²) in [6, 6.07) is 15.1. The van der Waals surface area contributed by atoms with Gasteiger partial charge in [0.15, 0.2) is 0 Å². The summed E-state index contributed by atoms with van der Waals surface area (Å²) in [6.45, 7) is 0.964. The van der Waals surface area contributed by atoms with Crippen molar-refractivity contribution in [2.24, 2.45) is 0 Å². The number of hydrogen-bond donors (Lipinski definition) is 3. The first-order valence-electron chi connectivity index (χ1n) is 6.62. The Labute approximate surface area is 132 Å². The van der Waals surface area contributed by atoms with Crippen LogP contribution in [0.1, 0.15) is 16.7 Å². The van der Waals surface area contributed by atoms with Gasteiger partial charge in [-0.05, 0) is 28.8 Å². The summed E-state index contributed by atoms with van der Waals surface area (Å²) in [6.07, 6.45) is 0. The predicted octanol–water partition coefficient (Wildman–Crippen LogP) is 2.94. The van der Waals surface area contributed by atoms with E-state index in [2.05, 4.69) is 26.6 Å².